The molecule has 1 saturated heterocycles. The lowest BCUT2D eigenvalue weighted by molar-refractivity contribution is -0.135. The third-order valence-electron chi connectivity index (χ3n) is 3.64. The van der Waals surface area contributed by atoms with E-state index in [9.17, 15) is 14.0 Å². The molecule has 0 aliphatic carbocycles. The number of hydrogen-bond acceptors (Lipinski definition) is 7. The minimum Gasteiger partial charge on any atom is -0.489 e. The molecule has 3 rings (SSSR count). The zero-order chi connectivity index (χ0) is 20.6. The fourth-order valence-corrected chi connectivity index (χ4v) is 2.95. The fourth-order valence-electron chi connectivity index (χ4n) is 2.21. The molecule has 0 saturated carbocycles. The van der Waals surface area contributed by atoms with Crippen LogP contribution in [-0.4, -0.2) is 30.4 Å². The predicted octanol–water partition coefficient (Wildman–Crippen LogP) is 3.01. The van der Waals surface area contributed by atoms with Crippen LogP contribution in [-0.2, 0) is 20.9 Å². The summed E-state index contributed by atoms with van der Waals surface area (Å²) >= 11 is 0.998. The number of nitrogens with zero attached hydrogens (tertiary/aromatic N) is 2. The highest BCUT2D eigenvalue weighted by Crippen LogP contribution is 2.23. The maximum atomic E-state index is 13.1. The molecule has 7 nitrogen and oxygen atoms in total. The van der Waals surface area contributed by atoms with Gasteiger partial charge in [0, 0.05) is 12.1 Å². The smallest absolute Gasteiger partial charge is 0.331 e. The van der Waals surface area contributed by atoms with Crippen LogP contribution in [0.5, 0.6) is 5.75 Å². The molecule has 1 fully saturated rings. The van der Waals surface area contributed by atoms with E-state index in [0.29, 0.717) is 12.4 Å². The van der Waals surface area contributed by atoms with Crippen LogP contribution in [0.3, 0.4) is 0 Å². The van der Waals surface area contributed by atoms with Crippen LogP contribution in [0.15, 0.2) is 69.7 Å². The number of amidine groups is 1. The Balaban J connectivity index is 1.55. The molecule has 29 heavy (non-hydrogen) atoms. The number of esters is 1. The van der Waals surface area contributed by atoms with Crippen LogP contribution < -0.4 is 10.1 Å². The molecule has 0 unspecified atom stereocenters. The lowest BCUT2D eigenvalue weighted by atomic mass is 10.1. The second-order valence-electron chi connectivity index (χ2n) is 5.73. The normalized spacial score (nSPS) is 16.4. The molecule has 9 heteroatoms. The van der Waals surface area contributed by atoms with Crippen molar-refractivity contribution in [2.45, 2.75) is 6.61 Å². The van der Waals surface area contributed by atoms with Crippen LogP contribution >= 0.6 is 11.8 Å². The van der Waals surface area contributed by atoms with Gasteiger partial charge >= 0.3 is 5.97 Å². The number of amides is 1. The van der Waals surface area contributed by atoms with Gasteiger partial charge in [0.1, 0.15) is 18.2 Å². The molecule has 1 aliphatic rings. The summed E-state index contributed by atoms with van der Waals surface area (Å²) in [4.78, 5) is 23.1. The molecule has 2 aromatic rings. The monoisotopic (exact) mass is 413 g/mol. The quantitative estimate of drug-likeness (QED) is 0.340. The van der Waals surface area contributed by atoms with Gasteiger partial charge in [0.2, 0.25) is 0 Å². The number of halogens is 1. The van der Waals surface area contributed by atoms with Gasteiger partial charge in [-0.2, -0.15) is 5.10 Å². The van der Waals surface area contributed by atoms with Crippen molar-refractivity contribution < 1.29 is 23.5 Å². The topological polar surface area (TPSA) is 89.3 Å². The molecule has 0 spiro atoms. The molecule has 0 bridgehead atoms. The molecule has 0 aromatic heterocycles. The summed E-state index contributed by atoms with van der Waals surface area (Å²) in [6.07, 6.45) is 2.62. The lowest BCUT2D eigenvalue weighted by Gasteiger charge is -2.06. The van der Waals surface area contributed by atoms with Crippen LogP contribution in [0.1, 0.15) is 11.1 Å². The molecular weight excluding hydrogens is 397 g/mol. The van der Waals surface area contributed by atoms with Gasteiger partial charge in [-0.25, -0.2) is 9.18 Å². The number of hydrogen-bond donors (Lipinski definition) is 1. The SMILES string of the molecule is COC(=O)/C=C1/S/C(=N\N=Cc2ccc(COc3cccc(F)c3)cc2)NC1=O. The number of thioether (sulfide) groups is 1. The van der Waals surface area contributed by atoms with Gasteiger partial charge in [0.05, 0.1) is 18.2 Å². The van der Waals surface area contributed by atoms with Gasteiger partial charge in [-0.05, 0) is 35.0 Å². The summed E-state index contributed by atoms with van der Waals surface area (Å²) in [6, 6.07) is 13.3. The number of nitrogens with one attached hydrogen (secondary N) is 1. The van der Waals surface area contributed by atoms with Crippen LogP contribution in [0.25, 0.3) is 0 Å². The van der Waals surface area contributed by atoms with Gasteiger partial charge in [0.25, 0.3) is 5.91 Å². The van der Waals surface area contributed by atoms with Crippen molar-refractivity contribution in [1.82, 2.24) is 5.32 Å². The summed E-state index contributed by atoms with van der Waals surface area (Å²) in [5.74, 6) is -0.936. The van der Waals surface area contributed by atoms with Gasteiger partial charge in [-0.15, -0.1) is 5.10 Å². The van der Waals surface area contributed by atoms with E-state index in [1.165, 1.54) is 25.5 Å². The summed E-state index contributed by atoms with van der Waals surface area (Å²) in [6.45, 7) is 0.307. The maximum absolute atomic E-state index is 13.1. The van der Waals surface area contributed by atoms with Gasteiger partial charge < -0.3 is 9.47 Å². The number of methoxy groups -OCH3 is 1. The fraction of sp³-hybridized carbons (Fsp3) is 0.100. The van der Waals surface area contributed by atoms with E-state index in [2.05, 4.69) is 20.3 Å². The number of carbonyl (C=O) groups is 2. The molecule has 0 atom stereocenters. The van der Waals surface area contributed by atoms with Crippen molar-refractivity contribution in [2.24, 2.45) is 10.2 Å². The van der Waals surface area contributed by atoms with Crippen molar-refractivity contribution in [3.8, 4) is 5.75 Å². The average Bonchev–Trinajstić information content (AvgIpc) is 3.06. The number of benzene rings is 2. The predicted molar refractivity (Wildman–Crippen MR) is 108 cm³/mol. The van der Waals surface area contributed by atoms with E-state index in [0.717, 1.165) is 29.0 Å². The largest absolute Gasteiger partial charge is 0.489 e. The second kappa shape index (κ2) is 9.65. The molecule has 1 aliphatic heterocycles. The van der Waals surface area contributed by atoms with E-state index < -0.39 is 11.9 Å². The van der Waals surface area contributed by atoms with E-state index in [4.69, 9.17) is 4.74 Å². The van der Waals surface area contributed by atoms with Gasteiger partial charge in [0.15, 0.2) is 5.17 Å². The minimum absolute atomic E-state index is 0.188. The van der Waals surface area contributed by atoms with Gasteiger partial charge in [-0.1, -0.05) is 30.3 Å². The summed E-state index contributed by atoms with van der Waals surface area (Å²) in [5.41, 5.74) is 1.71. The van der Waals surface area contributed by atoms with Crippen LogP contribution in [0, 0.1) is 5.82 Å². The molecule has 0 radical (unpaired) electrons. The molecule has 1 N–H and O–H groups in total. The first-order valence-electron chi connectivity index (χ1n) is 8.40. The highest BCUT2D eigenvalue weighted by Gasteiger charge is 2.24. The van der Waals surface area contributed by atoms with E-state index in [-0.39, 0.29) is 15.9 Å². The Kier molecular flexibility index (Phi) is 6.75. The zero-order valence-corrected chi connectivity index (χ0v) is 16.1. The van der Waals surface area contributed by atoms with Crippen molar-refractivity contribution in [2.75, 3.05) is 7.11 Å². The second-order valence-corrected chi connectivity index (χ2v) is 6.76. The average molecular weight is 413 g/mol. The zero-order valence-electron chi connectivity index (χ0n) is 15.3. The molecule has 2 aromatic carbocycles. The molecule has 1 amide bonds. The Morgan fingerprint density at radius 2 is 2.03 bits per heavy atom. The summed E-state index contributed by atoms with van der Waals surface area (Å²) in [7, 11) is 1.23. The molecule has 148 valence electrons. The Labute approximate surface area is 170 Å². The maximum Gasteiger partial charge on any atom is 0.331 e. The number of carbonyl (C=O) groups excluding carboxylic acids is 2. The first kappa shape index (κ1) is 20.3. The van der Waals surface area contributed by atoms with Crippen molar-refractivity contribution in [3.05, 3.63) is 76.5 Å². The first-order chi connectivity index (χ1) is 14.0. The number of rotatable bonds is 6. The third-order valence-corrected chi connectivity index (χ3v) is 4.54. The standard InChI is InChI=1S/C20H16FN3O4S/c1-27-18(25)10-17-19(26)23-20(29-17)24-22-11-13-5-7-14(8-6-13)12-28-16-4-2-3-15(21)9-16/h2-11H,12H2,1H3,(H,23,24,26)/b17-10+,22-11?. The Bertz CT molecular complexity index is 1000. The third kappa shape index (κ3) is 6.01. The van der Waals surface area contributed by atoms with E-state index >= 15 is 0 Å². The van der Waals surface area contributed by atoms with Gasteiger partial charge in [-0.3, -0.25) is 10.1 Å². The van der Waals surface area contributed by atoms with Crippen LogP contribution in [0.2, 0.25) is 0 Å². The molecular formula is C20H16FN3O4S. The highest BCUT2D eigenvalue weighted by atomic mass is 32.2. The van der Waals surface area contributed by atoms with Crippen molar-refractivity contribution in [3.63, 3.8) is 0 Å². The minimum atomic E-state index is -0.617. The molecule has 1 heterocycles. The van der Waals surface area contributed by atoms with Crippen molar-refractivity contribution in [1.29, 1.82) is 0 Å². The summed E-state index contributed by atoms with van der Waals surface area (Å²) in [5, 5.41) is 10.6. The highest BCUT2D eigenvalue weighted by molar-refractivity contribution is 8.18. The lowest BCUT2D eigenvalue weighted by Crippen LogP contribution is -2.19. The van der Waals surface area contributed by atoms with Crippen molar-refractivity contribution >= 4 is 35.0 Å². The Morgan fingerprint density at radius 1 is 1.24 bits per heavy atom. The Morgan fingerprint density at radius 3 is 2.76 bits per heavy atom. The van der Waals surface area contributed by atoms with E-state index in [1.54, 1.807) is 12.1 Å². The van der Waals surface area contributed by atoms with E-state index in [1.807, 2.05) is 24.3 Å². The number of ether oxygens (including phenoxy) is 2. The summed E-state index contributed by atoms with van der Waals surface area (Å²) < 4.78 is 23.2. The van der Waals surface area contributed by atoms with Crippen LogP contribution in [0.4, 0.5) is 4.39 Å². The first-order valence-corrected chi connectivity index (χ1v) is 9.22. The Hall–Kier alpha value is -3.46.